The average Bonchev–Trinajstić information content (AvgIpc) is 2.42. The lowest BCUT2D eigenvalue weighted by Crippen LogP contribution is -2.38. The maximum Gasteiger partial charge on any atom is 0.162 e. The van der Waals surface area contributed by atoms with E-state index in [9.17, 15) is 5.11 Å². The summed E-state index contributed by atoms with van der Waals surface area (Å²) in [5.41, 5.74) is 6.77. The van der Waals surface area contributed by atoms with E-state index in [-0.39, 0.29) is 11.2 Å². The van der Waals surface area contributed by atoms with Gasteiger partial charge in [-0.15, -0.1) is 0 Å². The number of phenols is 1. The van der Waals surface area contributed by atoms with Crippen molar-refractivity contribution in [3.63, 3.8) is 0 Å². The Hall–Kier alpha value is -1.26. The van der Waals surface area contributed by atoms with Crippen molar-refractivity contribution in [3.05, 3.63) is 23.8 Å². The normalized spacial score (nSPS) is 11.9. The van der Waals surface area contributed by atoms with Gasteiger partial charge in [-0.1, -0.05) is 32.9 Å². The molecule has 0 bridgehead atoms. The van der Waals surface area contributed by atoms with E-state index in [0.717, 1.165) is 18.7 Å². The zero-order valence-electron chi connectivity index (χ0n) is 13.1. The number of para-hydroxylation sites is 1. The molecule has 4 nitrogen and oxygen atoms in total. The number of ether oxygens (including phenoxy) is 1. The van der Waals surface area contributed by atoms with E-state index < -0.39 is 0 Å². The van der Waals surface area contributed by atoms with E-state index in [0.29, 0.717) is 25.4 Å². The second-order valence-electron chi connectivity index (χ2n) is 5.87. The number of aromatic hydroxyl groups is 1. The van der Waals surface area contributed by atoms with E-state index >= 15 is 0 Å². The molecular formula is C16H28N2O2. The van der Waals surface area contributed by atoms with E-state index in [1.54, 1.807) is 6.07 Å². The van der Waals surface area contributed by atoms with Crippen LogP contribution in [0.5, 0.6) is 11.5 Å². The summed E-state index contributed by atoms with van der Waals surface area (Å²) >= 11 is 0. The van der Waals surface area contributed by atoms with Crippen LogP contribution in [-0.2, 0) is 6.54 Å². The van der Waals surface area contributed by atoms with Crippen LogP contribution in [0, 0.1) is 5.41 Å². The summed E-state index contributed by atoms with van der Waals surface area (Å²) < 4.78 is 5.43. The van der Waals surface area contributed by atoms with Crippen LogP contribution in [0.15, 0.2) is 18.2 Å². The average molecular weight is 280 g/mol. The number of nitrogens with zero attached hydrogens (tertiary/aromatic N) is 1. The van der Waals surface area contributed by atoms with Gasteiger partial charge in [-0.05, 0) is 31.5 Å². The standard InChI is InChI=1S/C16H28N2O2/c1-5-18(12-16(3,4)11-17)10-13-8-7-9-14(15(13)19)20-6-2/h7-9,19H,5-6,10-12,17H2,1-4H3. The number of nitrogens with two attached hydrogens (primary N) is 1. The number of rotatable bonds is 8. The van der Waals surface area contributed by atoms with Gasteiger partial charge in [0.15, 0.2) is 11.5 Å². The second kappa shape index (κ2) is 7.50. The van der Waals surface area contributed by atoms with Crippen molar-refractivity contribution in [2.75, 3.05) is 26.2 Å². The summed E-state index contributed by atoms with van der Waals surface area (Å²) in [7, 11) is 0. The summed E-state index contributed by atoms with van der Waals surface area (Å²) in [6, 6.07) is 5.65. The molecule has 0 aliphatic carbocycles. The zero-order valence-corrected chi connectivity index (χ0v) is 13.1. The molecule has 0 spiro atoms. The van der Waals surface area contributed by atoms with Crippen LogP contribution < -0.4 is 10.5 Å². The topological polar surface area (TPSA) is 58.7 Å². The van der Waals surface area contributed by atoms with Crippen LogP contribution in [0.1, 0.15) is 33.3 Å². The van der Waals surface area contributed by atoms with Crippen molar-refractivity contribution < 1.29 is 9.84 Å². The van der Waals surface area contributed by atoms with Gasteiger partial charge in [0.2, 0.25) is 0 Å². The van der Waals surface area contributed by atoms with Crippen LogP contribution in [0.25, 0.3) is 0 Å². The van der Waals surface area contributed by atoms with Crippen LogP contribution in [0.2, 0.25) is 0 Å². The maximum absolute atomic E-state index is 10.2. The Morgan fingerprint density at radius 3 is 2.55 bits per heavy atom. The van der Waals surface area contributed by atoms with Crippen molar-refractivity contribution in [1.82, 2.24) is 4.90 Å². The zero-order chi connectivity index (χ0) is 15.2. The highest BCUT2D eigenvalue weighted by Crippen LogP contribution is 2.31. The summed E-state index contributed by atoms with van der Waals surface area (Å²) in [5.74, 6) is 0.803. The fourth-order valence-corrected chi connectivity index (χ4v) is 2.16. The number of hydrogen-bond acceptors (Lipinski definition) is 4. The Balaban J connectivity index is 2.82. The highest BCUT2D eigenvalue weighted by molar-refractivity contribution is 5.45. The molecule has 0 aliphatic rings. The highest BCUT2D eigenvalue weighted by atomic mass is 16.5. The van der Waals surface area contributed by atoms with Crippen molar-refractivity contribution >= 4 is 0 Å². The van der Waals surface area contributed by atoms with Gasteiger partial charge in [0.25, 0.3) is 0 Å². The van der Waals surface area contributed by atoms with Gasteiger partial charge in [0.1, 0.15) is 0 Å². The molecule has 1 aromatic rings. The monoisotopic (exact) mass is 280 g/mol. The molecule has 0 aliphatic heterocycles. The van der Waals surface area contributed by atoms with E-state index in [1.807, 2.05) is 19.1 Å². The summed E-state index contributed by atoms with van der Waals surface area (Å²) in [6.07, 6.45) is 0. The molecule has 1 aromatic carbocycles. The Morgan fingerprint density at radius 2 is 2.00 bits per heavy atom. The van der Waals surface area contributed by atoms with Gasteiger partial charge >= 0.3 is 0 Å². The first-order valence-electron chi connectivity index (χ1n) is 7.29. The largest absolute Gasteiger partial charge is 0.504 e. The Labute approximate surface area is 122 Å². The lowest BCUT2D eigenvalue weighted by molar-refractivity contribution is 0.181. The lowest BCUT2D eigenvalue weighted by Gasteiger charge is -2.31. The second-order valence-corrected chi connectivity index (χ2v) is 5.87. The molecule has 0 heterocycles. The number of phenolic OH excluding ortho intramolecular Hbond substituents is 1. The molecule has 0 saturated carbocycles. The molecule has 0 amide bonds. The van der Waals surface area contributed by atoms with Crippen molar-refractivity contribution in [2.24, 2.45) is 11.1 Å². The van der Waals surface area contributed by atoms with Crippen LogP contribution in [-0.4, -0.2) is 36.2 Å². The van der Waals surface area contributed by atoms with Crippen molar-refractivity contribution in [2.45, 2.75) is 34.2 Å². The fraction of sp³-hybridized carbons (Fsp3) is 0.625. The molecule has 0 aromatic heterocycles. The Kier molecular flexibility index (Phi) is 6.30. The molecular weight excluding hydrogens is 252 g/mol. The summed E-state index contributed by atoms with van der Waals surface area (Å²) in [5, 5.41) is 10.2. The molecule has 0 unspecified atom stereocenters. The van der Waals surface area contributed by atoms with Crippen LogP contribution in [0.4, 0.5) is 0 Å². The quantitative estimate of drug-likeness (QED) is 0.768. The van der Waals surface area contributed by atoms with Gasteiger partial charge in [0, 0.05) is 18.7 Å². The third-order valence-corrected chi connectivity index (χ3v) is 3.43. The maximum atomic E-state index is 10.2. The van der Waals surface area contributed by atoms with Crippen LogP contribution in [0.3, 0.4) is 0 Å². The SMILES string of the molecule is CCOc1cccc(CN(CC)CC(C)(C)CN)c1O. The number of benzene rings is 1. The van der Waals surface area contributed by atoms with E-state index in [1.165, 1.54) is 0 Å². The predicted octanol–water partition coefficient (Wildman–Crippen LogP) is 2.60. The summed E-state index contributed by atoms with van der Waals surface area (Å²) in [6.45, 7) is 12.1. The first-order valence-corrected chi connectivity index (χ1v) is 7.29. The minimum atomic E-state index is 0.0726. The molecule has 114 valence electrons. The number of hydrogen-bond donors (Lipinski definition) is 2. The minimum Gasteiger partial charge on any atom is -0.504 e. The van der Waals surface area contributed by atoms with E-state index in [2.05, 4.69) is 25.7 Å². The molecule has 0 fully saturated rings. The molecule has 0 atom stereocenters. The Bertz CT molecular complexity index is 419. The first kappa shape index (κ1) is 16.8. The first-order chi connectivity index (χ1) is 9.43. The van der Waals surface area contributed by atoms with E-state index in [4.69, 9.17) is 10.5 Å². The van der Waals surface area contributed by atoms with Gasteiger partial charge in [0.05, 0.1) is 6.61 Å². The molecule has 0 saturated heterocycles. The third kappa shape index (κ3) is 4.69. The minimum absolute atomic E-state index is 0.0726. The molecule has 4 heteroatoms. The Morgan fingerprint density at radius 1 is 1.30 bits per heavy atom. The predicted molar refractivity (Wildman–Crippen MR) is 83.1 cm³/mol. The lowest BCUT2D eigenvalue weighted by atomic mass is 9.93. The fourth-order valence-electron chi connectivity index (χ4n) is 2.16. The van der Waals surface area contributed by atoms with Gasteiger partial charge in [-0.25, -0.2) is 0 Å². The van der Waals surface area contributed by atoms with Gasteiger partial charge < -0.3 is 15.6 Å². The third-order valence-electron chi connectivity index (χ3n) is 3.43. The molecule has 1 rings (SSSR count). The van der Waals surface area contributed by atoms with Crippen molar-refractivity contribution in [3.8, 4) is 11.5 Å². The van der Waals surface area contributed by atoms with Crippen LogP contribution >= 0.6 is 0 Å². The highest BCUT2D eigenvalue weighted by Gasteiger charge is 2.20. The van der Waals surface area contributed by atoms with Gasteiger partial charge in [-0.3, -0.25) is 4.90 Å². The summed E-state index contributed by atoms with van der Waals surface area (Å²) in [4.78, 5) is 2.29. The van der Waals surface area contributed by atoms with Gasteiger partial charge in [-0.2, -0.15) is 0 Å². The smallest absolute Gasteiger partial charge is 0.162 e. The van der Waals surface area contributed by atoms with Crippen molar-refractivity contribution in [1.29, 1.82) is 0 Å². The molecule has 3 N–H and O–H groups in total. The molecule has 0 radical (unpaired) electrons. The molecule has 20 heavy (non-hydrogen) atoms.